The molecule has 0 spiro atoms. The molecule has 0 fully saturated rings. The van der Waals surface area contributed by atoms with Crippen LogP contribution < -0.4 is 26.4 Å². The summed E-state index contributed by atoms with van der Waals surface area (Å²) in [5, 5.41) is 2.46. The lowest BCUT2D eigenvalue weighted by atomic mass is 9.32. The Labute approximate surface area is 284 Å². The van der Waals surface area contributed by atoms with Gasteiger partial charge in [0.25, 0.3) is 6.71 Å². The van der Waals surface area contributed by atoms with Crippen molar-refractivity contribution in [1.29, 1.82) is 0 Å². The van der Waals surface area contributed by atoms with E-state index in [4.69, 9.17) is 4.42 Å². The summed E-state index contributed by atoms with van der Waals surface area (Å²) in [6.45, 7) is 4.79. The zero-order chi connectivity index (χ0) is 32.0. The summed E-state index contributed by atoms with van der Waals surface area (Å²) < 4.78 is 8.34. The molecule has 0 saturated heterocycles. The molecule has 2 aliphatic heterocycles. The number of furan rings is 1. The number of nitrogens with zero attached hydrogens (tertiary/aromatic N) is 2. The first-order valence-corrected chi connectivity index (χ1v) is 17.4. The molecule has 0 saturated carbocycles. The van der Waals surface area contributed by atoms with E-state index in [-0.39, 0.29) is 12.1 Å². The summed E-state index contributed by atoms with van der Waals surface area (Å²) in [5.74, 6) is 0. The summed E-state index contributed by atoms with van der Waals surface area (Å²) in [7, 11) is 0. The maximum atomic E-state index is 7.00. The van der Waals surface area contributed by atoms with Gasteiger partial charge in [0, 0.05) is 48.8 Å². The summed E-state index contributed by atoms with van der Waals surface area (Å²) in [4.78, 5) is 6.23. The fourth-order valence-electron chi connectivity index (χ4n) is 8.18. The van der Waals surface area contributed by atoms with E-state index in [1.165, 1.54) is 37.1 Å². The number of benzene rings is 6. The Bertz CT molecular complexity index is 2480. The van der Waals surface area contributed by atoms with Crippen molar-refractivity contribution in [1.82, 2.24) is 0 Å². The average Bonchev–Trinajstić information content (AvgIpc) is 3.71. The normalized spacial score (nSPS) is 14.1. The maximum absolute atomic E-state index is 7.00. The van der Waals surface area contributed by atoms with Gasteiger partial charge in [-0.05, 0) is 88.6 Å². The molecule has 2 aliphatic rings. The van der Waals surface area contributed by atoms with Crippen molar-refractivity contribution in [3.63, 3.8) is 0 Å². The van der Waals surface area contributed by atoms with Crippen LogP contribution in [0.3, 0.4) is 0 Å². The van der Waals surface area contributed by atoms with Gasteiger partial charge in [-0.3, -0.25) is 0 Å². The van der Waals surface area contributed by atoms with Gasteiger partial charge < -0.3 is 14.2 Å². The molecule has 3 nitrogen and oxygen atoms in total. The van der Waals surface area contributed by atoms with Crippen LogP contribution in [-0.4, -0.2) is 6.71 Å². The van der Waals surface area contributed by atoms with E-state index in [0.29, 0.717) is 0 Å². The lowest BCUT2D eigenvalue weighted by Gasteiger charge is -2.42. The molecule has 48 heavy (non-hydrogen) atoms. The molecule has 0 amide bonds. The molecular formula is C43H31BN2OS. The molecule has 4 heterocycles. The lowest BCUT2D eigenvalue weighted by Crippen LogP contribution is -2.63. The second kappa shape index (κ2) is 10.2. The number of fused-ring (bicyclic) bond motifs is 8. The summed E-state index contributed by atoms with van der Waals surface area (Å²) >= 11 is 1.94. The van der Waals surface area contributed by atoms with Gasteiger partial charge >= 0.3 is 0 Å². The van der Waals surface area contributed by atoms with Crippen LogP contribution in [0.1, 0.15) is 24.3 Å². The first kappa shape index (κ1) is 27.6. The van der Waals surface area contributed by atoms with Gasteiger partial charge in [-0.15, -0.1) is 11.3 Å². The Morgan fingerprint density at radius 1 is 0.625 bits per heavy atom. The summed E-state index contributed by atoms with van der Waals surface area (Å²) in [6, 6.07) is 54.5. The Hall–Kier alpha value is -5.52. The van der Waals surface area contributed by atoms with E-state index < -0.39 is 0 Å². The van der Waals surface area contributed by atoms with Gasteiger partial charge in [-0.25, -0.2) is 0 Å². The number of hydrogen-bond acceptors (Lipinski definition) is 4. The molecule has 5 heteroatoms. The van der Waals surface area contributed by atoms with Crippen molar-refractivity contribution in [3.8, 4) is 0 Å². The standard InChI is InChI=1S/C43H31BN2OS/c1-43(2)34-23-14-24-35-39(34)44(38-33-22-10-12-26-37(33)48-41(38)43)42-40(32-21-9-11-25-36(32)47-42)46(35)31-20-13-19-30(27-31)45(28-15-5-3-6-16-28)29-17-7-4-8-18-29/h3-27H,1-2H3. The highest BCUT2D eigenvalue weighted by atomic mass is 32.1. The van der Waals surface area contributed by atoms with E-state index >= 15 is 0 Å². The van der Waals surface area contributed by atoms with Gasteiger partial charge in [0.1, 0.15) is 5.58 Å². The quantitative estimate of drug-likeness (QED) is 0.180. The topological polar surface area (TPSA) is 19.6 Å². The van der Waals surface area contributed by atoms with Crippen molar-refractivity contribution >= 4 is 89.8 Å². The zero-order valence-electron chi connectivity index (χ0n) is 26.7. The minimum Gasteiger partial charge on any atom is -0.468 e. The second-order valence-electron chi connectivity index (χ2n) is 13.3. The highest BCUT2D eigenvalue weighted by Crippen LogP contribution is 2.48. The van der Waals surface area contributed by atoms with Crippen LogP contribution in [0.15, 0.2) is 156 Å². The molecule has 0 atom stereocenters. The van der Waals surface area contributed by atoms with Gasteiger partial charge in [0.2, 0.25) is 0 Å². The minimum absolute atomic E-state index is 0.00217. The zero-order valence-corrected chi connectivity index (χ0v) is 27.5. The van der Waals surface area contributed by atoms with Crippen molar-refractivity contribution in [2.45, 2.75) is 19.3 Å². The Morgan fingerprint density at radius 2 is 1.27 bits per heavy atom. The molecule has 0 N–H and O–H groups in total. The Morgan fingerprint density at radius 3 is 2.04 bits per heavy atom. The highest BCUT2D eigenvalue weighted by molar-refractivity contribution is 7.22. The van der Waals surface area contributed by atoms with Gasteiger partial charge in [-0.1, -0.05) is 98.8 Å². The smallest absolute Gasteiger partial charge is 0.294 e. The van der Waals surface area contributed by atoms with Crippen molar-refractivity contribution in [2.24, 2.45) is 0 Å². The van der Waals surface area contributed by atoms with Gasteiger partial charge in [0.05, 0.1) is 11.3 Å². The monoisotopic (exact) mass is 634 g/mol. The number of hydrogen-bond donors (Lipinski definition) is 0. The van der Waals surface area contributed by atoms with E-state index in [9.17, 15) is 0 Å². The Kier molecular flexibility index (Phi) is 5.88. The minimum atomic E-state index is -0.157. The fraction of sp³-hybridized carbons (Fsp3) is 0.0698. The van der Waals surface area contributed by atoms with Crippen LogP contribution in [0.25, 0.3) is 21.1 Å². The molecule has 2 aromatic heterocycles. The maximum Gasteiger partial charge on any atom is 0.294 e. The van der Waals surface area contributed by atoms with E-state index in [0.717, 1.165) is 45.1 Å². The lowest BCUT2D eigenvalue weighted by molar-refractivity contribution is 0.645. The molecule has 10 rings (SSSR count). The number of para-hydroxylation sites is 3. The van der Waals surface area contributed by atoms with E-state index in [2.05, 4.69) is 175 Å². The largest absolute Gasteiger partial charge is 0.468 e. The third kappa shape index (κ3) is 3.82. The predicted molar refractivity (Wildman–Crippen MR) is 204 cm³/mol. The third-order valence-corrected chi connectivity index (χ3v) is 11.7. The van der Waals surface area contributed by atoms with Crippen LogP contribution in [0, 0.1) is 0 Å². The van der Waals surface area contributed by atoms with E-state index in [1.54, 1.807) is 0 Å². The highest BCUT2D eigenvalue weighted by Gasteiger charge is 2.50. The summed E-state index contributed by atoms with van der Waals surface area (Å²) in [5.41, 5.74) is 12.7. The summed E-state index contributed by atoms with van der Waals surface area (Å²) in [6.07, 6.45) is 0. The number of rotatable bonds is 4. The van der Waals surface area contributed by atoms with E-state index in [1.807, 2.05) is 11.3 Å². The first-order chi connectivity index (χ1) is 23.6. The predicted octanol–water partition coefficient (Wildman–Crippen LogP) is 10.1. The third-order valence-electron chi connectivity index (χ3n) is 10.2. The van der Waals surface area contributed by atoms with Crippen LogP contribution >= 0.6 is 11.3 Å². The molecule has 228 valence electrons. The van der Waals surface area contributed by atoms with Crippen LogP contribution in [-0.2, 0) is 5.41 Å². The van der Waals surface area contributed by atoms with Crippen molar-refractivity contribution < 1.29 is 4.42 Å². The Balaban J connectivity index is 1.26. The number of thiophene rings is 1. The van der Waals surface area contributed by atoms with Crippen LogP contribution in [0.4, 0.5) is 34.1 Å². The number of anilines is 6. The first-order valence-electron chi connectivity index (χ1n) is 16.6. The molecule has 0 bridgehead atoms. The SMILES string of the molecule is CC1(C)c2cccc3c2B(c2oc4ccccc4c2N3c2cccc(N(c3ccccc3)c3ccccc3)c2)c2c1sc1ccccc21. The molecule has 0 unspecified atom stereocenters. The molecular weight excluding hydrogens is 603 g/mol. The van der Waals surface area contributed by atoms with Gasteiger partial charge in [0.15, 0.2) is 0 Å². The van der Waals surface area contributed by atoms with Crippen LogP contribution in [0.2, 0.25) is 0 Å². The second-order valence-corrected chi connectivity index (χ2v) is 14.4. The molecule has 0 aliphatic carbocycles. The molecule has 0 radical (unpaired) electrons. The average molecular weight is 635 g/mol. The van der Waals surface area contributed by atoms with Crippen LogP contribution in [0.5, 0.6) is 0 Å². The molecule has 8 aromatic rings. The van der Waals surface area contributed by atoms with Crippen molar-refractivity contribution in [3.05, 3.63) is 162 Å². The van der Waals surface area contributed by atoms with Crippen molar-refractivity contribution in [2.75, 3.05) is 9.80 Å². The molecule has 6 aromatic carbocycles. The fourth-order valence-corrected chi connectivity index (χ4v) is 9.54. The van der Waals surface area contributed by atoms with Gasteiger partial charge in [-0.2, -0.15) is 0 Å².